The van der Waals surface area contributed by atoms with Crippen molar-refractivity contribution in [2.24, 2.45) is 0 Å². The molecule has 3 aromatic carbocycles. The molecule has 5 heteroatoms. The van der Waals surface area contributed by atoms with E-state index < -0.39 is 0 Å². The minimum Gasteiger partial charge on any atom is -0.326 e. The second kappa shape index (κ2) is 9.84. The number of nitrogens with one attached hydrogen (secondary N) is 1. The Kier molecular flexibility index (Phi) is 6.73. The number of hydrogen-bond acceptors (Lipinski definition) is 3. The number of carbonyl (C=O) groups is 2. The Morgan fingerprint density at radius 2 is 1.77 bits per heavy atom. The average Bonchev–Trinajstić information content (AvgIpc) is 3.20. The number of carbonyl (C=O) groups excluding carboxylic acids is 2. The van der Waals surface area contributed by atoms with Gasteiger partial charge in [0.25, 0.3) is 0 Å². The van der Waals surface area contributed by atoms with Crippen LogP contribution in [-0.4, -0.2) is 17.6 Å². The number of hydrogen-bond donors (Lipinski definition) is 1. The highest BCUT2D eigenvalue weighted by Gasteiger charge is 2.34. The van der Waals surface area contributed by atoms with Crippen LogP contribution < -0.4 is 10.2 Å². The lowest BCUT2D eigenvalue weighted by atomic mass is 10.1. The maximum Gasteiger partial charge on any atom is 0.238 e. The Labute approximate surface area is 187 Å². The number of anilines is 2. The van der Waals surface area contributed by atoms with E-state index in [1.54, 1.807) is 11.8 Å². The molecular formula is C26H26N2O2S. The SMILES string of the molecule is CCc1cccc(N2C(=O)CSC2c2cccc(NC(=O)CCc3ccccc3)c2)c1. The summed E-state index contributed by atoms with van der Waals surface area (Å²) in [6, 6.07) is 26.0. The van der Waals surface area contributed by atoms with Crippen molar-refractivity contribution >= 4 is 35.0 Å². The van der Waals surface area contributed by atoms with E-state index in [0.29, 0.717) is 18.6 Å². The highest BCUT2D eigenvalue weighted by molar-refractivity contribution is 8.00. The first kappa shape index (κ1) is 21.2. The molecular weight excluding hydrogens is 404 g/mol. The Balaban J connectivity index is 1.47. The first-order valence-electron chi connectivity index (χ1n) is 10.6. The smallest absolute Gasteiger partial charge is 0.238 e. The van der Waals surface area contributed by atoms with Gasteiger partial charge >= 0.3 is 0 Å². The van der Waals surface area contributed by atoms with Crippen LogP contribution in [0.15, 0.2) is 78.9 Å². The van der Waals surface area contributed by atoms with E-state index >= 15 is 0 Å². The molecule has 1 saturated heterocycles. The van der Waals surface area contributed by atoms with Crippen molar-refractivity contribution in [1.29, 1.82) is 0 Å². The van der Waals surface area contributed by atoms with Crippen molar-refractivity contribution in [1.82, 2.24) is 0 Å². The number of nitrogens with zero attached hydrogens (tertiary/aromatic N) is 1. The van der Waals surface area contributed by atoms with Gasteiger partial charge in [-0.25, -0.2) is 0 Å². The van der Waals surface area contributed by atoms with Gasteiger partial charge in [0.15, 0.2) is 0 Å². The van der Waals surface area contributed by atoms with Crippen molar-refractivity contribution in [3.05, 3.63) is 95.6 Å². The second-order valence-electron chi connectivity index (χ2n) is 7.61. The predicted octanol–water partition coefficient (Wildman–Crippen LogP) is 5.60. The van der Waals surface area contributed by atoms with Crippen LogP contribution in [0.1, 0.15) is 35.4 Å². The molecule has 2 amide bonds. The average molecular weight is 431 g/mol. The Morgan fingerprint density at radius 3 is 2.58 bits per heavy atom. The number of thioether (sulfide) groups is 1. The topological polar surface area (TPSA) is 49.4 Å². The van der Waals surface area contributed by atoms with Crippen LogP contribution in [0.2, 0.25) is 0 Å². The van der Waals surface area contributed by atoms with E-state index in [1.807, 2.05) is 71.6 Å². The van der Waals surface area contributed by atoms with Crippen LogP contribution in [0, 0.1) is 0 Å². The summed E-state index contributed by atoms with van der Waals surface area (Å²) < 4.78 is 0. The van der Waals surface area contributed by atoms with Gasteiger partial charge < -0.3 is 5.32 Å². The fourth-order valence-electron chi connectivity index (χ4n) is 3.77. The lowest BCUT2D eigenvalue weighted by Gasteiger charge is -2.25. The van der Waals surface area contributed by atoms with Crippen molar-refractivity contribution in [2.75, 3.05) is 16.0 Å². The van der Waals surface area contributed by atoms with Crippen LogP contribution in [-0.2, 0) is 22.4 Å². The molecule has 0 spiro atoms. The molecule has 1 atom stereocenters. The number of aryl methyl sites for hydroxylation is 2. The highest BCUT2D eigenvalue weighted by atomic mass is 32.2. The predicted molar refractivity (Wildman–Crippen MR) is 128 cm³/mol. The highest BCUT2D eigenvalue weighted by Crippen LogP contribution is 2.42. The zero-order chi connectivity index (χ0) is 21.6. The van der Waals surface area contributed by atoms with Crippen molar-refractivity contribution in [3.63, 3.8) is 0 Å². The summed E-state index contributed by atoms with van der Waals surface area (Å²) in [7, 11) is 0. The molecule has 0 bridgehead atoms. The molecule has 1 aliphatic rings. The summed E-state index contributed by atoms with van der Waals surface area (Å²) in [5.74, 6) is 0.554. The molecule has 1 N–H and O–H groups in total. The maximum absolute atomic E-state index is 12.7. The molecule has 1 heterocycles. The van der Waals surface area contributed by atoms with Gasteiger partial charge in [0, 0.05) is 17.8 Å². The van der Waals surface area contributed by atoms with Crippen molar-refractivity contribution < 1.29 is 9.59 Å². The Morgan fingerprint density at radius 1 is 1.00 bits per heavy atom. The minimum atomic E-state index is -0.0965. The van der Waals surface area contributed by atoms with Gasteiger partial charge in [0.2, 0.25) is 11.8 Å². The van der Waals surface area contributed by atoms with Crippen molar-refractivity contribution in [3.8, 4) is 0 Å². The first-order valence-corrected chi connectivity index (χ1v) is 11.7. The molecule has 1 aliphatic heterocycles. The molecule has 4 rings (SSSR count). The third kappa shape index (κ3) is 5.17. The lowest BCUT2D eigenvalue weighted by Crippen LogP contribution is -2.28. The van der Waals surface area contributed by atoms with Gasteiger partial charge in [0.1, 0.15) is 5.37 Å². The molecule has 0 aromatic heterocycles. The van der Waals surface area contributed by atoms with Crippen LogP contribution in [0.4, 0.5) is 11.4 Å². The minimum absolute atomic E-state index is 0.0105. The van der Waals surface area contributed by atoms with E-state index in [4.69, 9.17) is 0 Å². The third-order valence-corrected chi connectivity index (χ3v) is 6.62. The maximum atomic E-state index is 12.7. The summed E-state index contributed by atoms with van der Waals surface area (Å²) in [5.41, 5.74) is 5.06. The molecule has 1 unspecified atom stereocenters. The first-order chi connectivity index (χ1) is 15.1. The second-order valence-corrected chi connectivity index (χ2v) is 8.68. The van der Waals surface area contributed by atoms with Gasteiger partial charge in [-0.3, -0.25) is 14.5 Å². The summed E-state index contributed by atoms with van der Waals surface area (Å²) in [5, 5.41) is 2.91. The lowest BCUT2D eigenvalue weighted by molar-refractivity contribution is -0.116. The number of amides is 2. The van der Waals surface area contributed by atoms with Crippen LogP contribution in [0.3, 0.4) is 0 Å². The zero-order valence-electron chi connectivity index (χ0n) is 17.6. The molecule has 0 radical (unpaired) electrons. The van der Waals surface area contributed by atoms with Crippen LogP contribution >= 0.6 is 11.8 Å². The summed E-state index contributed by atoms with van der Waals surface area (Å²) >= 11 is 1.62. The quantitative estimate of drug-likeness (QED) is 0.531. The number of benzene rings is 3. The summed E-state index contributed by atoms with van der Waals surface area (Å²) in [4.78, 5) is 27.0. The van der Waals surface area contributed by atoms with E-state index in [1.165, 1.54) is 5.56 Å². The van der Waals surface area contributed by atoms with Crippen LogP contribution in [0.5, 0.6) is 0 Å². The molecule has 0 aliphatic carbocycles. The fraction of sp³-hybridized carbons (Fsp3) is 0.231. The largest absolute Gasteiger partial charge is 0.326 e. The Hall–Kier alpha value is -3.05. The monoisotopic (exact) mass is 430 g/mol. The van der Waals surface area contributed by atoms with E-state index in [9.17, 15) is 9.59 Å². The molecule has 158 valence electrons. The molecule has 0 saturated carbocycles. The molecule has 3 aromatic rings. The van der Waals surface area contributed by atoms with Gasteiger partial charge in [-0.15, -0.1) is 11.8 Å². The molecule has 31 heavy (non-hydrogen) atoms. The van der Waals surface area contributed by atoms with Gasteiger partial charge in [-0.1, -0.05) is 61.5 Å². The Bertz CT molecular complexity index is 1070. The standard InChI is InChI=1S/C26H26N2O2S/c1-2-19-10-6-13-23(16-19)28-25(30)18-31-26(28)21-11-7-12-22(17-21)27-24(29)15-14-20-8-4-3-5-9-20/h3-13,16-17,26H,2,14-15,18H2,1H3,(H,27,29). The third-order valence-electron chi connectivity index (χ3n) is 5.40. The zero-order valence-corrected chi connectivity index (χ0v) is 18.4. The normalized spacial score (nSPS) is 15.8. The summed E-state index contributed by atoms with van der Waals surface area (Å²) in [6.45, 7) is 2.11. The van der Waals surface area contributed by atoms with Gasteiger partial charge in [0.05, 0.1) is 5.75 Å². The van der Waals surface area contributed by atoms with Crippen LogP contribution in [0.25, 0.3) is 0 Å². The van der Waals surface area contributed by atoms with Gasteiger partial charge in [-0.2, -0.15) is 0 Å². The molecule has 1 fully saturated rings. The number of rotatable bonds is 7. The van der Waals surface area contributed by atoms with E-state index in [0.717, 1.165) is 28.9 Å². The fourth-order valence-corrected chi connectivity index (χ4v) is 4.94. The van der Waals surface area contributed by atoms with Crippen molar-refractivity contribution in [2.45, 2.75) is 31.6 Å². The summed E-state index contributed by atoms with van der Waals surface area (Å²) in [6.07, 6.45) is 2.07. The van der Waals surface area contributed by atoms with E-state index in [2.05, 4.69) is 24.4 Å². The van der Waals surface area contributed by atoms with E-state index in [-0.39, 0.29) is 17.2 Å². The van der Waals surface area contributed by atoms with Gasteiger partial charge in [-0.05, 0) is 53.8 Å². The molecule has 4 nitrogen and oxygen atoms in total.